The Labute approximate surface area is 109 Å². The molecular formula is C13H24N2O3. The molecule has 0 aromatic carbocycles. The summed E-state index contributed by atoms with van der Waals surface area (Å²) in [6, 6.07) is -0.375. The second-order valence-electron chi connectivity index (χ2n) is 4.90. The van der Waals surface area contributed by atoms with Gasteiger partial charge in [-0.05, 0) is 26.2 Å². The Bertz CT molecular complexity index is 319. The van der Waals surface area contributed by atoms with E-state index in [4.69, 9.17) is 4.74 Å². The number of hydrogen-bond acceptors (Lipinski definition) is 3. The molecule has 0 aromatic heterocycles. The predicted octanol–water partition coefficient (Wildman–Crippen LogP) is 0.929. The first-order valence-corrected chi connectivity index (χ1v) is 6.62. The summed E-state index contributed by atoms with van der Waals surface area (Å²) in [7, 11) is 1.64. The summed E-state index contributed by atoms with van der Waals surface area (Å²) in [6.07, 6.45) is 2.00. The maximum absolute atomic E-state index is 12.3. The molecule has 1 fully saturated rings. The summed E-state index contributed by atoms with van der Waals surface area (Å²) in [5.74, 6) is -0.0218. The molecule has 0 saturated carbocycles. The Morgan fingerprint density at radius 3 is 2.56 bits per heavy atom. The monoisotopic (exact) mass is 256 g/mol. The number of nitrogens with one attached hydrogen (secondary N) is 1. The van der Waals surface area contributed by atoms with Crippen molar-refractivity contribution < 1.29 is 14.3 Å². The van der Waals surface area contributed by atoms with E-state index < -0.39 is 5.54 Å². The molecular weight excluding hydrogens is 232 g/mol. The molecule has 1 aliphatic heterocycles. The van der Waals surface area contributed by atoms with Gasteiger partial charge in [0, 0.05) is 20.3 Å². The fraction of sp³-hybridized carbons (Fsp3) is 0.846. The molecule has 1 N–H and O–H groups in total. The fourth-order valence-electron chi connectivity index (χ4n) is 2.28. The van der Waals surface area contributed by atoms with E-state index in [9.17, 15) is 9.59 Å². The summed E-state index contributed by atoms with van der Waals surface area (Å²) in [5.41, 5.74) is -0.726. The van der Waals surface area contributed by atoms with E-state index in [1.807, 2.05) is 20.8 Å². The van der Waals surface area contributed by atoms with Crippen LogP contribution in [0.25, 0.3) is 0 Å². The summed E-state index contributed by atoms with van der Waals surface area (Å²) in [4.78, 5) is 26.2. The van der Waals surface area contributed by atoms with Gasteiger partial charge in [-0.3, -0.25) is 9.59 Å². The first-order chi connectivity index (χ1) is 8.51. The van der Waals surface area contributed by atoms with Gasteiger partial charge in [0.05, 0.1) is 0 Å². The molecule has 0 spiro atoms. The normalized spacial score (nSPS) is 28.4. The topological polar surface area (TPSA) is 58.6 Å². The smallest absolute Gasteiger partial charge is 0.246 e. The Kier molecular flexibility index (Phi) is 5.14. The van der Waals surface area contributed by atoms with Crippen molar-refractivity contribution in [2.45, 2.75) is 51.6 Å². The van der Waals surface area contributed by atoms with Crippen LogP contribution in [-0.4, -0.2) is 48.6 Å². The molecule has 2 atom stereocenters. The van der Waals surface area contributed by atoms with Crippen LogP contribution in [0.3, 0.4) is 0 Å². The fourth-order valence-corrected chi connectivity index (χ4v) is 2.28. The minimum atomic E-state index is -0.726. The summed E-state index contributed by atoms with van der Waals surface area (Å²) in [6.45, 7) is 6.84. The molecule has 5 nitrogen and oxygen atoms in total. The molecule has 18 heavy (non-hydrogen) atoms. The predicted molar refractivity (Wildman–Crippen MR) is 69.1 cm³/mol. The van der Waals surface area contributed by atoms with Gasteiger partial charge in [-0.25, -0.2) is 0 Å². The van der Waals surface area contributed by atoms with E-state index in [1.54, 1.807) is 12.0 Å². The molecule has 2 amide bonds. The first-order valence-electron chi connectivity index (χ1n) is 6.62. The Balaban J connectivity index is 2.87. The van der Waals surface area contributed by atoms with Crippen LogP contribution in [0.1, 0.15) is 40.0 Å². The van der Waals surface area contributed by atoms with Gasteiger partial charge >= 0.3 is 0 Å². The lowest BCUT2D eigenvalue weighted by atomic mass is 9.90. The molecule has 1 aliphatic rings. The number of carbonyl (C=O) groups is 2. The third-order valence-electron chi connectivity index (χ3n) is 3.78. The zero-order chi connectivity index (χ0) is 13.8. The van der Waals surface area contributed by atoms with Crippen molar-refractivity contribution >= 4 is 11.8 Å². The third-order valence-corrected chi connectivity index (χ3v) is 3.78. The number of piperazine rings is 1. The quantitative estimate of drug-likeness (QED) is 0.719. The molecule has 0 radical (unpaired) electrons. The summed E-state index contributed by atoms with van der Waals surface area (Å²) < 4.78 is 5.01. The molecule has 2 unspecified atom stereocenters. The van der Waals surface area contributed by atoms with Crippen molar-refractivity contribution in [3.05, 3.63) is 0 Å². The molecule has 1 saturated heterocycles. The number of rotatable bonds is 6. The van der Waals surface area contributed by atoms with Gasteiger partial charge in [0.2, 0.25) is 11.8 Å². The highest BCUT2D eigenvalue weighted by atomic mass is 16.5. The van der Waals surface area contributed by atoms with Crippen LogP contribution < -0.4 is 5.32 Å². The average Bonchev–Trinajstić information content (AvgIpc) is 2.38. The number of amides is 2. The van der Waals surface area contributed by atoms with E-state index in [0.717, 1.165) is 6.42 Å². The maximum atomic E-state index is 12.3. The van der Waals surface area contributed by atoms with Gasteiger partial charge in [0.1, 0.15) is 11.6 Å². The van der Waals surface area contributed by atoms with Crippen LogP contribution in [0, 0.1) is 0 Å². The van der Waals surface area contributed by atoms with Crippen LogP contribution in [-0.2, 0) is 14.3 Å². The SMILES string of the molecule is CCC1NC(=O)C(C)(CC)N(CCCOC)C1=O. The zero-order valence-electron chi connectivity index (χ0n) is 11.8. The van der Waals surface area contributed by atoms with Gasteiger partial charge < -0.3 is 15.0 Å². The summed E-state index contributed by atoms with van der Waals surface area (Å²) in [5, 5.41) is 2.82. The van der Waals surface area contributed by atoms with Crippen LogP contribution >= 0.6 is 0 Å². The Morgan fingerprint density at radius 1 is 1.39 bits per heavy atom. The molecule has 1 heterocycles. The number of carbonyl (C=O) groups excluding carboxylic acids is 2. The van der Waals surface area contributed by atoms with Crippen molar-refractivity contribution in [2.75, 3.05) is 20.3 Å². The second kappa shape index (κ2) is 6.18. The highest BCUT2D eigenvalue weighted by molar-refractivity contribution is 5.99. The van der Waals surface area contributed by atoms with E-state index in [2.05, 4.69) is 5.32 Å². The Morgan fingerprint density at radius 2 is 2.06 bits per heavy atom. The third kappa shape index (κ3) is 2.66. The van der Waals surface area contributed by atoms with E-state index >= 15 is 0 Å². The molecule has 0 aromatic rings. The zero-order valence-corrected chi connectivity index (χ0v) is 11.8. The molecule has 0 bridgehead atoms. The number of nitrogens with zero attached hydrogens (tertiary/aromatic N) is 1. The van der Waals surface area contributed by atoms with Gasteiger partial charge in [-0.15, -0.1) is 0 Å². The molecule has 104 valence electrons. The lowest BCUT2D eigenvalue weighted by Gasteiger charge is -2.45. The highest BCUT2D eigenvalue weighted by Gasteiger charge is 2.47. The summed E-state index contributed by atoms with van der Waals surface area (Å²) >= 11 is 0. The first kappa shape index (κ1) is 15.0. The minimum Gasteiger partial charge on any atom is -0.385 e. The van der Waals surface area contributed by atoms with Crippen molar-refractivity contribution in [2.24, 2.45) is 0 Å². The highest BCUT2D eigenvalue weighted by Crippen LogP contribution is 2.25. The van der Waals surface area contributed by atoms with Crippen LogP contribution in [0.2, 0.25) is 0 Å². The van der Waals surface area contributed by atoms with E-state index in [0.29, 0.717) is 26.0 Å². The van der Waals surface area contributed by atoms with Crippen molar-refractivity contribution in [3.63, 3.8) is 0 Å². The largest absolute Gasteiger partial charge is 0.385 e. The van der Waals surface area contributed by atoms with Crippen LogP contribution in [0.5, 0.6) is 0 Å². The second-order valence-corrected chi connectivity index (χ2v) is 4.90. The lowest BCUT2D eigenvalue weighted by Crippen LogP contribution is -2.69. The van der Waals surface area contributed by atoms with E-state index in [1.165, 1.54) is 0 Å². The van der Waals surface area contributed by atoms with Crippen molar-refractivity contribution in [3.8, 4) is 0 Å². The maximum Gasteiger partial charge on any atom is 0.246 e. The lowest BCUT2D eigenvalue weighted by molar-refractivity contribution is -0.157. The molecule has 5 heteroatoms. The van der Waals surface area contributed by atoms with Crippen molar-refractivity contribution in [1.29, 1.82) is 0 Å². The standard InChI is InChI=1S/C13H24N2O3/c1-5-10-11(16)15(8-7-9-18-4)13(3,6-2)12(17)14-10/h10H,5-9H2,1-4H3,(H,14,17). The van der Waals surface area contributed by atoms with Gasteiger partial charge in [-0.2, -0.15) is 0 Å². The number of methoxy groups -OCH3 is 1. The van der Waals surface area contributed by atoms with E-state index in [-0.39, 0.29) is 17.9 Å². The Hall–Kier alpha value is -1.10. The van der Waals surface area contributed by atoms with Gasteiger partial charge in [0.15, 0.2) is 0 Å². The number of hydrogen-bond donors (Lipinski definition) is 1. The minimum absolute atomic E-state index is 0.0255. The number of ether oxygens (including phenoxy) is 1. The van der Waals surface area contributed by atoms with Gasteiger partial charge in [-0.1, -0.05) is 13.8 Å². The van der Waals surface area contributed by atoms with Crippen molar-refractivity contribution in [1.82, 2.24) is 10.2 Å². The molecule has 0 aliphatic carbocycles. The van der Waals surface area contributed by atoms with Crippen LogP contribution in [0.4, 0.5) is 0 Å². The van der Waals surface area contributed by atoms with Gasteiger partial charge in [0.25, 0.3) is 0 Å². The molecule has 1 rings (SSSR count). The average molecular weight is 256 g/mol. The van der Waals surface area contributed by atoms with Crippen LogP contribution in [0.15, 0.2) is 0 Å².